The van der Waals surface area contributed by atoms with E-state index in [2.05, 4.69) is 30.9 Å². The van der Waals surface area contributed by atoms with E-state index < -0.39 is 0 Å². The van der Waals surface area contributed by atoms with Gasteiger partial charge >= 0.3 is 0 Å². The van der Waals surface area contributed by atoms with Gasteiger partial charge in [-0.15, -0.1) is 0 Å². The number of hydrogen-bond acceptors (Lipinski definition) is 6. The summed E-state index contributed by atoms with van der Waals surface area (Å²) >= 11 is 0. The van der Waals surface area contributed by atoms with Crippen LogP contribution in [0.15, 0.2) is 6.33 Å². The van der Waals surface area contributed by atoms with Crippen molar-refractivity contribution in [3.63, 3.8) is 0 Å². The van der Waals surface area contributed by atoms with Crippen molar-refractivity contribution in [1.29, 1.82) is 5.26 Å². The molecule has 0 aliphatic heterocycles. The quantitative estimate of drug-likeness (QED) is 0.823. The molecule has 1 saturated carbocycles. The van der Waals surface area contributed by atoms with Crippen LogP contribution in [-0.2, 0) is 0 Å². The molecule has 1 aliphatic carbocycles. The third-order valence-electron chi connectivity index (χ3n) is 3.01. The predicted molar refractivity (Wildman–Crippen MR) is 66.7 cm³/mol. The van der Waals surface area contributed by atoms with Crippen LogP contribution >= 0.6 is 0 Å². The van der Waals surface area contributed by atoms with Crippen molar-refractivity contribution in [3.8, 4) is 6.07 Å². The molecule has 0 aromatic carbocycles. The molecule has 7 heteroatoms. The van der Waals surface area contributed by atoms with Crippen molar-refractivity contribution in [1.82, 2.24) is 19.9 Å². The van der Waals surface area contributed by atoms with Gasteiger partial charge in [-0.25, -0.2) is 4.98 Å². The van der Waals surface area contributed by atoms with Gasteiger partial charge in [0.05, 0.1) is 18.8 Å². The summed E-state index contributed by atoms with van der Waals surface area (Å²) in [5.74, 6) is 0.972. The highest BCUT2D eigenvalue weighted by molar-refractivity contribution is 5.84. The van der Waals surface area contributed by atoms with Gasteiger partial charge in [-0.3, -0.25) is 0 Å². The van der Waals surface area contributed by atoms with E-state index in [-0.39, 0.29) is 5.95 Å². The first-order chi connectivity index (χ1) is 8.79. The highest BCUT2D eigenvalue weighted by Crippen LogP contribution is 2.33. The minimum absolute atomic E-state index is 0.215. The van der Waals surface area contributed by atoms with Crippen molar-refractivity contribution in [2.24, 2.45) is 0 Å². The Balaban J connectivity index is 2.04. The summed E-state index contributed by atoms with van der Waals surface area (Å²) in [6, 6.07) is 2.62. The number of hydrogen-bond donors (Lipinski definition) is 2. The van der Waals surface area contributed by atoms with Crippen LogP contribution in [0.5, 0.6) is 0 Å². The van der Waals surface area contributed by atoms with Crippen molar-refractivity contribution in [3.05, 3.63) is 6.33 Å². The lowest BCUT2D eigenvalue weighted by Gasteiger charge is -2.22. The van der Waals surface area contributed by atoms with Crippen molar-refractivity contribution < 1.29 is 0 Å². The van der Waals surface area contributed by atoms with Crippen LogP contribution in [-0.4, -0.2) is 32.5 Å². The zero-order valence-electron chi connectivity index (χ0n) is 9.80. The molecule has 2 heterocycles. The Kier molecular flexibility index (Phi) is 2.48. The molecular formula is C11H13N7. The van der Waals surface area contributed by atoms with Crippen LogP contribution in [0.3, 0.4) is 0 Å². The van der Waals surface area contributed by atoms with Gasteiger partial charge in [0.1, 0.15) is 5.52 Å². The third-order valence-corrected chi connectivity index (χ3v) is 3.01. The van der Waals surface area contributed by atoms with E-state index in [9.17, 15) is 0 Å². The van der Waals surface area contributed by atoms with Gasteiger partial charge in [-0.05, 0) is 12.8 Å². The summed E-state index contributed by atoms with van der Waals surface area (Å²) in [7, 11) is 0. The highest BCUT2D eigenvalue weighted by atomic mass is 15.3. The number of nitrogens with two attached hydrogens (primary N) is 1. The number of aromatic amines is 1. The van der Waals surface area contributed by atoms with Crippen LogP contribution < -0.4 is 10.6 Å². The average Bonchev–Trinajstić information content (AvgIpc) is 3.08. The van der Waals surface area contributed by atoms with Crippen molar-refractivity contribution in [2.45, 2.75) is 25.3 Å². The smallest absolute Gasteiger partial charge is 0.224 e. The largest absolute Gasteiger partial charge is 0.368 e. The Labute approximate surface area is 104 Å². The maximum Gasteiger partial charge on any atom is 0.224 e. The van der Waals surface area contributed by atoms with E-state index in [0.29, 0.717) is 24.7 Å². The topological polar surface area (TPSA) is 108 Å². The van der Waals surface area contributed by atoms with E-state index in [1.54, 1.807) is 6.33 Å². The van der Waals surface area contributed by atoms with Crippen LogP contribution in [0, 0.1) is 11.3 Å². The molecule has 0 radical (unpaired) electrons. The van der Waals surface area contributed by atoms with Crippen LogP contribution in [0.1, 0.15) is 19.3 Å². The fourth-order valence-electron chi connectivity index (χ4n) is 2.06. The van der Waals surface area contributed by atoms with Crippen LogP contribution in [0.4, 0.5) is 11.8 Å². The Morgan fingerprint density at radius 3 is 3.06 bits per heavy atom. The molecule has 92 valence electrons. The normalized spacial score (nSPS) is 14.6. The number of fused-ring (bicyclic) bond motifs is 1. The van der Waals surface area contributed by atoms with Gasteiger partial charge in [0, 0.05) is 12.6 Å². The molecule has 18 heavy (non-hydrogen) atoms. The number of nitrogen functional groups attached to an aromatic ring is 1. The third kappa shape index (κ3) is 1.82. The SMILES string of the molecule is N#CCCN(c1nc(N)nc2nc[nH]c12)C1CC1. The predicted octanol–water partition coefficient (Wildman–Crippen LogP) is 0.818. The number of imidazole rings is 1. The molecule has 0 amide bonds. The zero-order valence-corrected chi connectivity index (χ0v) is 9.80. The summed E-state index contributed by atoms with van der Waals surface area (Å²) < 4.78 is 0. The van der Waals surface area contributed by atoms with E-state index in [1.165, 1.54) is 0 Å². The number of aromatic nitrogens is 4. The summed E-state index contributed by atoms with van der Waals surface area (Å²) in [6.07, 6.45) is 4.31. The van der Waals surface area contributed by atoms with Gasteiger partial charge < -0.3 is 15.6 Å². The number of nitrogens with zero attached hydrogens (tertiary/aromatic N) is 5. The van der Waals surface area contributed by atoms with E-state index in [4.69, 9.17) is 11.0 Å². The molecule has 0 unspecified atom stereocenters. The maximum atomic E-state index is 8.74. The number of nitriles is 1. The van der Waals surface area contributed by atoms with Gasteiger partial charge in [-0.2, -0.15) is 15.2 Å². The minimum Gasteiger partial charge on any atom is -0.368 e. The second-order valence-electron chi connectivity index (χ2n) is 4.34. The van der Waals surface area contributed by atoms with Gasteiger partial charge in [0.25, 0.3) is 0 Å². The average molecular weight is 243 g/mol. The number of rotatable bonds is 4. The molecule has 0 saturated heterocycles. The molecule has 2 aromatic heterocycles. The van der Waals surface area contributed by atoms with E-state index in [1.807, 2.05) is 0 Å². The summed E-state index contributed by atoms with van der Waals surface area (Å²) in [4.78, 5) is 17.6. The molecule has 3 N–H and O–H groups in total. The second kappa shape index (κ2) is 4.14. The van der Waals surface area contributed by atoms with Crippen molar-refractivity contribution >= 4 is 22.9 Å². The fourth-order valence-corrected chi connectivity index (χ4v) is 2.06. The first kappa shape index (κ1) is 10.8. The van der Waals surface area contributed by atoms with Gasteiger partial charge in [-0.1, -0.05) is 0 Å². The van der Waals surface area contributed by atoms with Crippen LogP contribution in [0.2, 0.25) is 0 Å². The Hall–Kier alpha value is -2.36. The number of anilines is 2. The Morgan fingerprint density at radius 2 is 2.33 bits per heavy atom. The molecular weight excluding hydrogens is 230 g/mol. The van der Waals surface area contributed by atoms with E-state index >= 15 is 0 Å². The Bertz CT molecular complexity index is 607. The summed E-state index contributed by atoms with van der Waals surface area (Å²) in [6.45, 7) is 0.658. The lowest BCUT2D eigenvalue weighted by atomic mass is 10.3. The molecule has 7 nitrogen and oxygen atoms in total. The zero-order chi connectivity index (χ0) is 12.5. The minimum atomic E-state index is 0.215. The lowest BCUT2D eigenvalue weighted by Crippen LogP contribution is -2.28. The summed E-state index contributed by atoms with van der Waals surface area (Å²) in [5, 5.41) is 8.74. The Morgan fingerprint density at radius 1 is 1.50 bits per heavy atom. The number of H-pyrrole nitrogens is 1. The molecule has 1 aliphatic rings. The molecule has 0 bridgehead atoms. The highest BCUT2D eigenvalue weighted by Gasteiger charge is 2.31. The first-order valence-corrected chi connectivity index (χ1v) is 5.90. The lowest BCUT2D eigenvalue weighted by molar-refractivity contribution is 0.781. The molecule has 0 atom stereocenters. The fraction of sp³-hybridized carbons (Fsp3) is 0.455. The first-order valence-electron chi connectivity index (χ1n) is 5.90. The van der Waals surface area contributed by atoms with E-state index in [0.717, 1.165) is 24.2 Å². The number of nitrogens with one attached hydrogen (secondary N) is 1. The second-order valence-corrected chi connectivity index (χ2v) is 4.34. The summed E-state index contributed by atoms with van der Waals surface area (Å²) in [5.41, 5.74) is 7.06. The van der Waals surface area contributed by atoms with Crippen LogP contribution in [0.25, 0.3) is 11.2 Å². The monoisotopic (exact) mass is 243 g/mol. The standard InChI is InChI=1S/C11H13N7/c12-4-1-5-18(7-2-3-7)10-8-9(15-6-14-8)16-11(13)17-10/h6-7H,1-3,5H2,(H3,13,14,15,16,17). The van der Waals surface area contributed by atoms with Gasteiger partial charge in [0.2, 0.25) is 5.95 Å². The van der Waals surface area contributed by atoms with Gasteiger partial charge in [0.15, 0.2) is 11.5 Å². The molecule has 2 aromatic rings. The molecule has 3 rings (SSSR count). The molecule has 0 spiro atoms. The maximum absolute atomic E-state index is 8.74. The van der Waals surface area contributed by atoms with Crippen molar-refractivity contribution in [2.75, 3.05) is 17.2 Å². The molecule has 1 fully saturated rings.